The molecule has 2 N–H and O–H groups in total. The average Bonchev–Trinajstić information content (AvgIpc) is 2.74. The van der Waals surface area contributed by atoms with Gasteiger partial charge in [0.1, 0.15) is 0 Å². The molecule has 3 amide bonds. The Morgan fingerprint density at radius 3 is 2.38 bits per heavy atom. The summed E-state index contributed by atoms with van der Waals surface area (Å²) in [5.41, 5.74) is 0.420. The van der Waals surface area contributed by atoms with Crippen molar-refractivity contribution in [1.29, 1.82) is 0 Å². The lowest BCUT2D eigenvalue weighted by Gasteiger charge is -2.09. The number of fused-ring (bicyclic) bond motifs is 1. The lowest BCUT2D eigenvalue weighted by atomic mass is 10.1. The van der Waals surface area contributed by atoms with Gasteiger partial charge in [-0.15, -0.1) is 0 Å². The van der Waals surface area contributed by atoms with Gasteiger partial charge >= 0.3 is 12.0 Å². The van der Waals surface area contributed by atoms with Crippen LogP contribution in [0.1, 0.15) is 16.1 Å². The number of nitrogens with one attached hydrogen (secondary N) is 2. The van der Waals surface area contributed by atoms with Gasteiger partial charge in [-0.05, 0) is 11.6 Å². The second-order valence-corrected chi connectivity index (χ2v) is 6.12. The number of aromatic nitrogens is 2. The van der Waals surface area contributed by atoms with Crippen molar-refractivity contribution >= 4 is 28.7 Å². The maximum absolute atomic E-state index is 12.3. The Hall–Kier alpha value is -4.01. The van der Waals surface area contributed by atoms with Crippen molar-refractivity contribution in [2.24, 2.45) is 7.05 Å². The predicted molar refractivity (Wildman–Crippen MR) is 104 cm³/mol. The topological polar surface area (TPSA) is 119 Å². The van der Waals surface area contributed by atoms with E-state index >= 15 is 0 Å². The lowest BCUT2D eigenvalue weighted by Crippen LogP contribution is -2.41. The van der Waals surface area contributed by atoms with Crippen molar-refractivity contribution in [1.82, 2.24) is 20.4 Å². The van der Waals surface area contributed by atoms with Crippen LogP contribution in [0.3, 0.4) is 0 Å². The normalized spacial score (nSPS) is 10.4. The Balaban J connectivity index is 1.57. The lowest BCUT2D eigenvalue weighted by molar-refractivity contribution is -0.123. The molecule has 0 saturated heterocycles. The molecule has 0 saturated carbocycles. The molecule has 0 aliphatic rings. The fourth-order valence-corrected chi connectivity index (χ4v) is 2.64. The zero-order valence-electron chi connectivity index (χ0n) is 15.5. The van der Waals surface area contributed by atoms with Gasteiger partial charge in [-0.3, -0.25) is 14.9 Å². The van der Waals surface area contributed by atoms with Gasteiger partial charge < -0.3 is 10.1 Å². The Bertz CT molecular complexity index is 1120. The number of imide groups is 1. The Kier molecular flexibility index (Phi) is 5.98. The van der Waals surface area contributed by atoms with Crippen molar-refractivity contribution in [2.75, 3.05) is 6.61 Å². The van der Waals surface area contributed by atoms with Crippen LogP contribution in [0.4, 0.5) is 4.79 Å². The van der Waals surface area contributed by atoms with Crippen LogP contribution in [0.2, 0.25) is 0 Å². The standard InChI is InChI=1S/C20H18N4O5/c1-24-18(26)15-10-6-5-9-14(15)17(23-24)19(27)29-12-16(25)22-20(28)21-11-13-7-3-2-4-8-13/h2-10H,11-12H2,1H3,(H2,21,22,25,28). The molecule has 2 aromatic carbocycles. The van der Waals surface area contributed by atoms with Crippen LogP contribution < -0.4 is 16.2 Å². The first-order valence-corrected chi connectivity index (χ1v) is 8.70. The first-order valence-electron chi connectivity index (χ1n) is 8.70. The number of carbonyl (C=O) groups is 3. The van der Waals surface area contributed by atoms with Crippen molar-refractivity contribution in [3.63, 3.8) is 0 Å². The summed E-state index contributed by atoms with van der Waals surface area (Å²) >= 11 is 0. The summed E-state index contributed by atoms with van der Waals surface area (Å²) in [6.07, 6.45) is 0. The molecular weight excluding hydrogens is 376 g/mol. The van der Waals surface area contributed by atoms with Crippen LogP contribution in [0, 0.1) is 0 Å². The molecule has 0 aliphatic carbocycles. The van der Waals surface area contributed by atoms with Crippen LogP contribution in [0.5, 0.6) is 0 Å². The molecule has 0 spiro atoms. The molecule has 9 heteroatoms. The summed E-state index contributed by atoms with van der Waals surface area (Å²) in [6, 6.07) is 14.9. The van der Waals surface area contributed by atoms with Crippen LogP contribution in [-0.4, -0.2) is 34.3 Å². The van der Waals surface area contributed by atoms with E-state index < -0.39 is 24.5 Å². The highest BCUT2D eigenvalue weighted by molar-refractivity contribution is 6.03. The third kappa shape index (κ3) is 4.83. The highest BCUT2D eigenvalue weighted by Gasteiger charge is 2.18. The summed E-state index contributed by atoms with van der Waals surface area (Å²) in [5, 5.41) is 9.15. The molecule has 3 rings (SSSR count). The van der Waals surface area contributed by atoms with E-state index in [1.165, 1.54) is 7.05 Å². The molecule has 0 fully saturated rings. The number of carbonyl (C=O) groups excluding carboxylic acids is 3. The zero-order chi connectivity index (χ0) is 20.8. The number of amides is 3. The third-order valence-corrected chi connectivity index (χ3v) is 4.03. The zero-order valence-corrected chi connectivity index (χ0v) is 15.5. The molecule has 0 unspecified atom stereocenters. The molecule has 1 heterocycles. The molecule has 0 bridgehead atoms. The van der Waals surface area contributed by atoms with Crippen LogP contribution in [-0.2, 0) is 23.1 Å². The number of aryl methyl sites for hydroxylation is 1. The number of rotatable bonds is 5. The number of nitrogens with zero attached hydrogens (tertiary/aromatic N) is 2. The molecule has 148 valence electrons. The van der Waals surface area contributed by atoms with Crippen molar-refractivity contribution in [2.45, 2.75) is 6.54 Å². The second-order valence-electron chi connectivity index (χ2n) is 6.12. The Morgan fingerprint density at radius 1 is 1.00 bits per heavy atom. The Morgan fingerprint density at radius 2 is 1.66 bits per heavy atom. The van der Waals surface area contributed by atoms with Gasteiger partial charge in [0.2, 0.25) is 0 Å². The molecule has 0 aliphatic heterocycles. The molecule has 3 aromatic rings. The molecule has 0 radical (unpaired) electrons. The summed E-state index contributed by atoms with van der Waals surface area (Å²) in [4.78, 5) is 48.1. The van der Waals surface area contributed by atoms with Crippen molar-refractivity contribution in [3.05, 3.63) is 76.2 Å². The van der Waals surface area contributed by atoms with E-state index in [4.69, 9.17) is 4.74 Å². The van der Waals surface area contributed by atoms with E-state index in [0.29, 0.717) is 10.8 Å². The fraction of sp³-hybridized carbons (Fsp3) is 0.150. The smallest absolute Gasteiger partial charge is 0.359 e. The van der Waals surface area contributed by atoms with E-state index in [9.17, 15) is 19.2 Å². The highest BCUT2D eigenvalue weighted by Crippen LogP contribution is 2.13. The minimum absolute atomic E-state index is 0.0935. The van der Waals surface area contributed by atoms with E-state index in [1.807, 2.05) is 30.3 Å². The van der Waals surface area contributed by atoms with Crippen LogP contribution in [0.15, 0.2) is 59.4 Å². The summed E-state index contributed by atoms with van der Waals surface area (Å²) in [7, 11) is 1.41. The number of hydrogen-bond donors (Lipinski definition) is 2. The van der Waals surface area contributed by atoms with Crippen LogP contribution >= 0.6 is 0 Å². The number of hydrogen-bond acceptors (Lipinski definition) is 6. The minimum atomic E-state index is -0.878. The number of benzene rings is 2. The van der Waals surface area contributed by atoms with Gasteiger partial charge in [-0.2, -0.15) is 5.10 Å². The van der Waals surface area contributed by atoms with Gasteiger partial charge in [0, 0.05) is 19.0 Å². The monoisotopic (exact) mass is 394 g/mol. The van der Waals surface area contributed by atoms with Crippen molar-refractivity contribution in [3.8, 4) is 0 Å². The summed E-state index contributed by atoms with van der Waals surface area (Å²) < 4.78 is 5.97. The first-order chi connectivity index (χ1) is 14.0. The fourth-order valence-electron chi connectivity index (χ4n) is 2.64. The molecule has 29 heavy (non-hydrogen) atoms. The molecule has 1 aromatic heterocycles. The van der Waals surface area contributed by atoms with Crippen LogP contribution in [0.25, 0.3) is 10.8 Å². The number of esters is 1. The third-order valence-electron chi connectivity index (χ3n) is 4.03. The molecular formula is C20H18N4O5. The molecule has 9 nitrogen and oxygen atoms in total. The van der Waals surface area contributed by atoms with Crippen molar-refractivity contribution < 1.29 is 19.1 Å². The molecule has 0 atom stereocenters. The predicted octanol–water partition coefficient (Wildman–Crippen LogP) is 1.12. The first kappa shape index (κ1) is 19.7. The van der Waals surface area contributed by atoms with Gasteiger partial charge in [-0.25, -0.2) is 14.3 Å². The number of ether oxygens (including phenoxy) is 1. The average molecular weight is 394 g/mol. The van der Waals surface area contributed by atoms with E-state index in [0.717, 1.165) is 10.2 Å². The van der Waals surface area contributed by atoms with Gasteiger partial charge in [-0.1, -0.05) is 48.5 Å². The highest BCUT2D eigenvalue weighted by atomic mass is 16.5. The van der Waals surface area contributed by atoms with E-state index in [2.05, 4.69) is 15.7 Å². The SMILES string of the molecule is Cn1nc(C(=O)OCC(=O)NC(=O)NCc2ccccc2)c2ccccc2c1=O. The summed E-state index contributed by atoms with van der Waals surface area (Å²) in [6.45, 7) is -0.426. The van der Waals surface area contributed by atoms with Gasteiger partial charge in [0.15, 0.2) is 12.3 Å². The van der Waals surface area contributed by atoms with Gasteiger partial charge in [0.05, 0.1) is 5.39 Å². The van der Waals surface area contributed by atoms with E-state index in [1.54, 1.807) is 24.3 Å². The maximum Gasteiger partial charge on any atom is 0.359 e. The van der Waals surface area contributed by atoms with Gasteiger partial charge in [0.25, 0.3) is 11.5 Å². The number of urea groups is 1. The quantitative estimate of drug-likeness (QED) is 0.626. The maximum atomic E-state index is 12.3. The Labute approximate surface area is 165 Å². The van der Waals surface area contributed by atoms with E-state index in [-0.39, 0.29) is 17.8 Å². The second kappa shape index (κ2) is 8.79. The minimum Gasteiger partial charge on any atom is -0.451 e. The summed E-state index contributed by atoms with van der Waals surface area (Å²) in [5.74, 6) is -1.67. The largest absolute Gasteiger partial charge is 0.451 e.